The smallest absolute Gasteiger partial charge is 0.323 e. The Kier molecular flexibility index (Phi) is 4.97. The molecule has 0 amide bonds. The molecule has 3 rings (SSSR count). The lowest BCUT2D eigenvalue weighted by atomic mass is 9.91. The Labute approximate surface area is 146 Å². The molecule has 120 valence electrons. The van der Waals surface area contributed by atoms with Crippen LogP contribution in [0.1, 0.15) is 22.6 Å². The standard InChI is InChI=1S/C21H17ClO2/c1-15-14-18(12-13-19(15)22)24-21(23)20(16-8-4-2-5-9-16)17-10-6-3-7-11-17/h2-14,20H,1H3. The van der Waals surface area contributed by atoms with Crippen LogP contribution in [0.2, 0.25) is 5.02 Å². The molecule has 0 heterocycles. The number of carbonyl (C=O) groups is 1. The van der Waals surface area contributed by atoms with E-state index in [0.29, 0.717) is 10.8 Å². The topological polar surface area (TPSA) is 26.3 Å². The SMILES string of the molecule is Cc1cc(OC(=O)C(c2ccccc2)c2ccccc2)ccc1Cl. The molecule has 3 aromatic rings. The van der Waals surface area contributed by atoms with Gasteiger partial charge < -0.3 is 4.74 Å². The molecule has 0 spiro atoms. The molecule has 0 saturated heterocycles. The molecule has 0 N–H and O–H groups in total. The maximum Gasteiger partial charge on any atom is 0.323 e. The van der Waals surface area contributed by atoms with E-state index < -0.39 is 5.92 Å². The van der Waals surface area contributed by atoms with Crippen molar-refractivity contribution < 1.29 is 9.53 Å². The molecule has 0 unspecified atom stereocenters. The van der Waals surface area contributed by atoms with Crippen LogP contribution < -0.4 is 4.74 Å². The van der Waals surface area contributed by atoms with Gasteiger partial charge in [-0.1, -0.05) is 72.3 Å². The maximum atomic E-state index is 12.9. The van der Waals surface area contributed by atoms with Gasteiger partial charge in [-0.05, 0) is 41.8 Å². The Hall–Kier alpha value is -2.58. The van der Waals surface area contributed by atoms with Crippen LogP contribution in [0.25, 0.3) is 0 Å². The van der Waals surface area contributed by atoms with Gasteiger partial charge in [-0.3, -0.25) is 4.79 Å². The lowest BCUT2D eigenvalue weighted by Crippen LogP contribution is -2.20. The summed E-state index contributed by atoms with van der Waals surface area (Å²) in [7, 11) is 0. The molecule has 0 aliphatic heterocycles. The Morgan fingerprint density at radius 2 is 1.42 bits per heavy atom. The van der Waals surface area contributed by atoms with Crippen LogP contribution in [0.3, 0.4) is 0 Å². The molecule has 0 atom stereocenters. The van der Waals surface area contributed by atoms with E-state index in [9.17, 15) is 4.79 Å². The third kappa shape index (κ3) is 3.66. The fraction of sp³-hybridized carbons (Fsp3) is 0.0952. The predicted octanol–water partition coefficient (Wildman–Crippen LogP) is 5.39. The number of halogens is 1. The second-order valence-corrected chi connectivity index (χ2v) is 5.99. The highest BCUT2D eigenvalue weighted by atomic mass is 35.5. The van der Waals surface area contributed by atoms with E-state index in [4.69, 9.17) is 16.3 Å². The van der Waals surface area contributed by atoms with Crippen molar-refractivity contribution in [1.29, 1.82) is 0 Å². The van der Waals surface area contributed by atoms with E-state index in [2.05, 4.69) is 0 Å². The van der Waals surface area contributed by atoms with Crippen LogP contribution in [0.15, 0.2) is 78.9 Å². The van der Waals surface area contributed by atoms with Gasteiger partial charge in [-0.25, -0.2) is 0 Å². The van der Waals surface area contributed by atoms with Crippen molar-refractivity contribution in [2.75, 3.05) is 0 Å². The van der Waals surface area contributed by atoms with Crippen LogP contribution >= 0.6 is 11.6 Å². The zero-order valence-electron chi connectivity index (χ0n) is 13.3. The number of hydrogen-bond acceptors (Lipinski definition) is 2. The number of ether oxygens (including phenoxy) is 1. The molecular weight excluding hydrogens is 320 g/mol. The monoisotopic (exact) mass is 336 g/mol. The number of aryl methyl sites for hydroxylation is 1. The molecule has 0 aliphatic carbocycles. The summed E-state index contributed by atoms with van der Waals surface area (Å²) in [5, 5.41) is 0.650. The van der Waals surface area contributed by atoms with Crippen LogP contribution in [0.4, 0.5) is 0 Å². The van der Waals surface area contributed by atoms with Gasteiger partial charge in [-0.2, -0.15) is 0 Å². The number of benzene rings is 3. The maximum absolute atomic E-state index is 12.9. The summed E-state index contributed by atoms with van der Waals surface area (Å²) in [5.41, 5.74) is 2.68. The molecule has 0 aliphatic rings. The summed E-state index contributed by atoms with van der Waals surface area (Å²) in [4.78, 5) is 12.9. The second kappa shape index (κ2) is 7.33. The average Bonchev–Trinajstić information content (AvgIpc) is 2.60. The first-order valence-corrected chi connectivity index (χ1v) is 8.10. The van der Waals surface area contributed by atoms with Gasteiger partial charge in [0, 0.05) is 5.02 Å². The van der Waals surface area contributed by atoms with E-state index in [1.807, 2.05) is 67.6 Å². The lowest BCUT2D eigenvalue weighted by molar-refractivity contribution is -0.135. The highest BCUT2D eigenvalue weighted by Gasteiger charge is 2.24. The van der Waals surface area contributed by atoms with Crippen molar-refractivity contribution in [3.05, 3.63) is 101 Å². The predicted molar refractivity (Wildman–Crippen MR) is 96.6 cm³/mol. The molecule has 0 fully saturated rings. The minimum absolute atomic E-state index is 0.311. The van der Waals surface area contributed by atoms with Crippen molar-refractivity contribution in [2.45, 2.75) is 12.8 Å². The van der Waals surface area contributed by atoms with Gasteiger partial charge in [0.25, 0.3) is 0 Å². The summed E-state index contributed by atoms with van der Waals surface area (Å²) >= 11 is 6.03. The second-order valence-electron chi connectivity index (χ2n) is 5.59. The minimum atomic E-state index is -0.469. The summed E-state index contributed by atoms with van der Waals surface area (Å²) in [6, 6.07) is 24.5. The van der Waals surface area contributed by atoms with Crippen LogP contribution in [0.5, 0.6) is 5.75 Å². The Bertz CT molecular complexity index is 789. The molecular formula is C21H17ClO2. The molecule has 24 heavy (non-hydrogen) atoms. The average molecular weight is 337 g/mol. The van der Waals surface area contributed by atoms with E-state index >= 15 is 0 Å². The number of esters is 1. The normalized spacial score (nSPS) is 10.6. The first kappa shape index (κ1) is 16.3. The highest BCUT2D eigenvalue weighted by Crippen LogP contribution is 2.28. The molecule has 0 radical (unpaired) electrons. The summed E-state index contributed by atoms with van der Waals surface area (Å²) in [6.45, 7) is 1.88. The Balaban J connectivity index is 1.93. The molecule has 3 aromatic carbocycles. The summed E-state index contributed by atoms with van der Waals surface area (Å²) in [5.74, 6) is -0.281. The van der Waals surface area contributed by atoms with Crippen molar-refractivity contribution in [1.82, 2.24) is 0 Å². The minimum Gasteiger partial charge on any atom is -0.426 e. The van der Waals surface area contributed by atoms with Gasteiger partial charge in [0.05, 0.1) is 0 Å². The molecule has 0 bridgehead atoms. The summed E-state index contributed by atoms with van der Waals surface area (Å²) in [6.07, 6.45) is 0. The van der Waals surface area contributed by atoms with Gasteiger partial charge >= 0.3 is 5.97 Å². The van der Waals surface area contributed by atoms with Gasteiger partial charge in [0.15, 0.2) is 0 Å². The third-order valence-corrected chi connectivity index (χ3v) is 4.27. The third-order valence-electron chi connectivity index (χ3n) is 3.85. The van der Waals surface area contributed by atoms with E-state index in [0.717, 1.165) is 16.7 Å². The van der Waals surface area contributed by atoms with Crippen LogP contribution in [-0.4, -0.2) is 5.97 Å². The number of rotatable bonds is 4. The quantitative estimate of drug-likeness (QED) is 0.472. The van der Waals surface area contributed by atoms with Gasteiger partial charge in [0.2, 0.25) is 0 Å². The fourth-order valence-corrected chi connectivity index (χ4v) is 2.73. The Morgan fingerprint density at radius 3 is 1.92 bits per heavy atom. The van der Waals surface area contributed by atoms with E-state index in [1.165, 1.54) is 0 Å². The van der Waals surface area contributed by atoms with Crippen molar-refractivity contribution >= 4 is 17.6 Å². The number of hydrogen-bond donors (Lipinski definition) is 0. The van der Waals surface area contributed by atoms with Crippen LogP contribution in [-0.2, 0) is 4.79 Å². The molecule has 0 aromatic heterocycles. The zero-order chi connectivity index (χ0) is 16.9. The van der Waals surface area contributed by atoms with E-state index in [-0.39, 0.29) is 5.97 Å². The molecule has 2 nitrogen and oxygen atoms in total. The first-order chi connectivity index (χ1) is 11.6. The molecule has 0 saturated carbocycles. The summed E-state index contributed by atoms with van der Waals surface area (Å²) < 4.78 is 5.62. The van der Waals surface area contributed by atoms with Gasteiger partial charge in [0.1, 0.15) is 11.7 Å². The Morgan fingerprint density at radius 1 is 0.875 bits per heavy atom. The van der Waals surface area contributed by atoms with E-state index in [1.54, 1.807) is 18.2 Å². The largest absolute Gasteiger partial charge is 0.426 e. The fourth-order valence-electron chi connectivity index (χ4n) is 2.61. The first-order valence-electron chi connectivity index (χ1n) is 7.73. The highest BCUT2D eigenvalue weighted by molar-refractivity contribution is 6.31. The van der Waals surface area contributed by atoms with Gasteiger partial charge in [-0.15, -0.1) is 0 Å². The molecule has 3 heteroatoms. The van der Waals surface area contributed by atoms with Crippen molar-refractivity contribution in [3.63, 3.8) is 0 Å². The zero-order valence-corrected chi connectivity index (χ0v) is 14.0. The van der Waals surface area contributed by atoms with Crippen molar-refractivity contribution in [3.8, 4) is 5.75 Å². The number of carbonyl (C=O) groups excluding carboxylic acids is 1. The lowest BCUT2D eigenvalue weighted by Gasteiger charge is -2.17. The van der Waals surface area contributed by atoms with Crippen LogP contribution in [0, 0.1) is 6.92 Å². The van der Waals surface area contributed by atoms with Crippen molar-refractivity contribution in [2.24, 2.45) is 0 Å².